The van der Waals surface area contributed by atoms with Gasteiger partial charge < -0.3 is 5.32 Å². The Bertz CT molecular complexity index is 430. The first-order valence-electron chi connectivity index (χ1n) is 6.46. The molecule has 0 bridgehead atoms. The molecular formula is C13H23ClN4O. The zero-order valence-corrected chi connectivity index (χ0v) is 13.0. The van der Waals surface area contributed by atoms with Crippen molar-refractivity contribution in [2.45, 2.75) is 39.3 Å². The molecule has 5 nitrogen and oxygen atoms in total. The minimum atomic E-state index is -0.366. The molecule has 0 saturated carbocycles. The highest BCUT2D eigenvalue weighted by Crippen LogP contribution is 2.13. The van der Waals surface area contributed by atoms with E-state index >= 15 is 0 Å². The standard InChI is InChI=1S/C13H23ClN4O/c1-6-17(5)13(3,4)9-15-12(19)10(2)18-8-11(14)7-16-18/h7-8,10H,6,9H2,1-5H3,(H,15,19)/t10-/m1/s1. The van der Waals surface area contributed by atoms with Crippen molar-refractivity contribution in [3.05, 3.63) is 17.4 Å². The van der Waals surface area contributed by atoms with Crippen molar-refractivity contribution in [3.8, 4) is 0 Å². The predicted molar refractivity (Wildman–Crippen MR) is 77.3 cm³/mol. The Balaban J connectivity index is 2.56. The molecule has 19 heavy (non-hydrogen) atoms. The van der Waals surface area contributed by atoms with Gasteiger partial charge in [0.05, 0.1) is 11.2 Å². The van der Waals surface area contributed by atoms with Gasteiger partial charge in [-0.05, 0) is 34.4 Å². The van der Waals surface area contributed by atoms with E-state index < -0.39 is 0 Å². The molecule has 0 aliphatic heterocycles. The van der Waals surface area contributed by atoms with E-state index in [0.29, 0.717) is 11.6 Å². The largest absolute Gasteiger partial charge is 0.352 e. The molecule has 1 N–H and O–H groups in total. The summed E-state index contributed by atoms with van der Waals surface area (Å²) in [6, 6.07) is -0.366. The van der Waals surface area contributed by atoms with E-state index in [2.05, 4.69) is 36.1 Å². The third-order valence-electron chi connectivity index (χ3n) is 3.55. The van der Waals surface area contributed by atoms with E-state index in [0.717, 1.165) is 6.54 Å². The molecule has 0 spiro atoms. The van der Waals surface area contributed by atoms with E-state index in [-0.39, 0.29) is 17.5 Å². The lowest BCUT2D eigenvalue weighted by molar-refractivity contribution is -0.124. The number of hydrogen-bond donors (Lipinski definition) is 1. The van der Waals surface area contributed by atoms with Gasteiger partial charge in [-0.1, -0.05) is 18.5 Å². The molecular weight excluding hydrogens is 264 g/mol. The first-order valence-corrected chi connectivity index (χ1v) is 6.84. The van der Waals surface area contributed by atoms with Gasteiger partial charge in [0.15, 0.2) is 0 Å². The van der Waals surface area contributed by atoms with Gasteiger partial charge in [-0.25, -0.2) is 0 Å². The van der Waals surface area contributed by atoms with Crippen LogP contribution in [0.5, 0.6) is 0 Å². The fraction of sp³-hybridized carbons (Fsp3) is 0.692. The number of hydrogen-bond acceptors (Lipinski definition) is 3. The second-order valence-electron chi connectivity index (χ2n) is 5.36. The number of amides is 1. The van der Waals surface area contributed by atoms with Crippen LogP contribution < -0.4 is 5.32 Å². The van der Waals surface area contributed by atoms with Gasteiger partial charge >= 0.3 is 0 Å². The third-order valence-corrected chi connectivity index (χ3v) is 3.74. The van der Waals surface area contributed by atoms with Crippen molar-refractivity contribution < 1.29 is 4.79 Å². The molecule has 0 aromatic carbocycles. The van der Waals surface area contributed by atoms with Crippen LogP contribution in [0.2, 0.25) is 5.02 Å². The average Bonchev–Trinajstić information content (AvgIpc) is 2.80. The highest BCUT2D eigenvalue weighted by Gasteiger charge is 2.24. The van der Waals surface area contributed by atoms with Crippen LogP contribution in [-0.2, 0) is 4.79 Å². The monoisotopic (exact) mass is 286 g/mol. The van der Waals surface area contributed by atoms with Crippen LogP contribution in [0.1, 0.15) is 33.7 Å². The highest BCUT2D eigenvalue weighted by atomic mass is 35.5. The molecule has 108 valence electrons. The van der Waals surface area contributed by atoms with Crippen molar-refractivity contribution in [3.63, 3.8) is 0 Å². The second kappa shape index (κ2) is 6.39. The van der Waals surface area contributed by atoms with E-state index in [1.807, 2.05) is 7.05 Å². The van der Waals surface area contributed by atoms with Crippen LogP contribution in [0.25, 0.3) is 0 Å². The summed E-state index contributed by atoms with van der Waals surface area (Å²) in [6.45, 7) is 9.63. The van der Waals surface area contributed by atoms with Gasteiger partial charge in [-0.3, -0.25) is 14.4 Å². The van der Waals surface area contributed by atoms with Crippen LogP contribution in [0, 0.1) is 0 Å². The number of nitrogens with zero attached hydrogens (tertiary/aromatic N) is 3. The minimum Gasteiger partial charge on any atom is -0.352 e. The lowest BCUT2D eigenvalue weighted by Crippen LogP contribution is -2.50. The van der Waals surface area contributed by atoms with Crippen LogP contribution in [0.15, 0.2) is 12.4 Å². The Labute approximate surface area is 119 Å². The lowest BCUT2D eigenvalue weighted by Gasteiger charge is -2.35. The summed E-state index contributed by atoms with van der Waals surface area (Å²) in [5, 5.41) is 7.54. The van der Waals surface area contributed by atoms with E-state index in [9.17, 15) is 4.79 Å². The fourth-order valence-electron chi connectivity index (χ4n) is 1.66. The number of carbonyl (C=O) groups excluding carboxylic acids is 1. The van der Waals surface area contributed by atoms with Crippen molar-refractivity contribution in [1.29, 1.82) is 0 Å². The van der Waals surface area contributed by atoms with Crippen LogP contribution in [0.3, 0.4) is 0 Å². The SMILES string of the molecule is CCN(C)C(C)(C)CNC(=O)[C@@H](C)n1cc(Cl)cn1. The number of carbonyl (C=O) groups is 1. The Hall–Kier alpha value is -1.07. The molecule has 1 aromatic heterocycles. The number of likely N-dealkylation sites (N-methyl/N-ethyl adjacent to an activating group) is 1. The fourth-order valence-corrected chi connectivity index (χ4v) is 1.80. The molecule has 0 aliphatic rings. The number of aromatic nitrogens is 2. The molecule has 0 unspecified atom stereocenters. The second-order valence-corrected chi connectivity index (χ2v) is 5.80. The normalized spacial score (nSPS) is 13.6. The van der Waals surface area contributed by atoms with E-state index in [1.165, 1.54) is 6.20 Å². The van der Waals surface area contributed by atoms with Gasteiger partial charge in [0.2, 0.25) is 5.91 Å². The average molecular weight is 287 g/mol. The highest BCUT2D eigenvalue weighted by molar-refractivity contribution is 6.30. The molecule has 6 heteroatoms. The van der Waals surface area contributed by atoms with Crippen molar-refractivity contribution in [1.82, 2.24) is 20.0 Å². The van der Waals surface area contributed by atoms with Crippen LogP contribution in [0.4, 0.5) is 0 Å². The van der Waals surface area contributed by atoms with Gasteiger partial charge in [0.25, 0.3) is 0 Å². The Morgan fingerprint density at radius 1 is 1.63 bits per heavy atom. The zero-order valence-electron chi connectivity index (χ0n) is 12.3. The van der Waals surface area contributed by atoms with Gasteiger partial charge in [-0.15, -0.1) is 0 Å². The van der Waals surface area contributed by atoms with Gasteiger partial charge in [0, 0.05) is 18.3 Å². The summed E-state index contributed by atoms with van der Waals surface area (Å²) in [4.78, 5) is 14.3. The molecule has 1 aromatic rings. The lowest BCUT2D eigenvalue weighted by atomic mass is 10.0. The maximum Gasteiger partial charge on any atom is 0.244 e. The summed E-state index contributed by atoms with van der Waals surface area (Å²) in [5.41, 5.74) is -0.0775. The molecule has 0 fully saturated rings. The van der Waals surface area contributed by atoms with Crippen molar-refractivity contribution >= 4 is 17.5 Å². The quantitative estimate of drug-likeness (QED) is 0.869. The van der Waals surface area contributed by atoms with Gasteiger partial charge in [0.1, 0.15) is 6.04 Å². The Kier molecular flexibility index (Phi) is 5.38. The molecule has 1 heterocycles. The molecule has 0 saturated heterocycles. The van der Waals surface area contributed by atoms with Gasteiger partial charge in [-0.2, -0.15) is 5.10 Å². The molecule has 1 rings (SSSR count). The summed E-state index contributed by atoms with van der Waals surface area (Å²) in [6.07, 6.45) is 3.18. The summed E-state index contributed by atoms with van der Waals surface area (Å²) in [7, 11) is 2.04. The third kappa shape index (κ3) is 4.21. The minimum absolute atomic E-state index is 0.0580. The summed E-state index contributed by atoms with van der Waals surface area (Å²) >= 11 is 5.80. The summed E-state index contributed by atoms with van der Waals surface area (Å²) in [5.74, 6) is -0.0580. The maximum absolute atomic E-state index is 12.1. The van der Waals surface area contributed by atoms with Crippen LogP contribution in [-0.4, -0.2) is 46.3 Å². The Morgan fingerprint density at radius 3 is 2.74 bits per heavy atom. The number of halogens is 1. The maximum atomic E-state index is 12.1. The first-order chi connectivity index (χ1) is 8.77. The predicted octanol–water partition coefficient (Wildman–Crippen LogP) is 1.94. The van der Waals surface area contributed by atoms with E-state index in [4.69, 9.17) is 11.6 Å². The Morgan fingerprint density at radius 2 is 2.26 bits per heavy atom. The molecule has 0 radical (unpaired) electrons. The molecule has 0 aliphatic carbocycles. The van der Waals surface area contributed by atoms with Crippen LogP contribution >= 0.6 is 11.6 Å². The molecule has 1 amide bonds. The van der Waals surface area contributed by atoms with Crippen molar-refractivity contribution in [2.75, 3.05) is 20.1 Å². The first kappa shape index (κ1) is 16.0. The smallest absolute Gasteiger partial charge is 0.244 e. The zero-order chi connectivity index (χ0) is 14.6. The van der Waals surface area contributed by atoms with Crippen molar-refractivity contribution in [2.24, 2.45) is 0 Å². The summed E-state index contributed by atoms with van der Waals surface area (Å²) < 4.78 is 1.56. The number of nitrogens with one attached hydrogen (secondary N) is 1. The number of rotatable bonds is 6. The van der Waals surface area contributed by atoms with E-state index in [1.54, 1.807) is 17.8 Å². The molecule has 1 atom stereocenters. The topological polar surface area (TPSA) is 50.2 Å².